The molecule has 0 aliphatic heterocycles. The predicted octanol–water partition coefficient (Wildman–Crippen LogP) is 0.187. The van der Waals surface area contributed by atoms with Crippen LogP contribution in [0.2, 0.25) is 0 Å². The van der Waals surface area contributed by atoms with Crippen LogP contribution in [0, 0.1) is 6.92 Å². The molecule has 1 amide bonds. The van der Waals surface area contributed by atoms with Gasteiger partial charge in [0.1, 0.15) is 17.2 Å². The number of carbonyl (C=O) groups is 1. The van der Waals surface area contributed by atoms with Crippen LogP contribution in [0.15, 0.2) is 28.1 Å². The summed E-state index contributed by atoms with van der Waals surface area (Å²) in [5.74, 6) is -0.839. The molecular formula is C12H12N4O4. The van der Waals surface area contributed by atoms with Crippen molar-refractivity contribution in [2.75, 3.05) is 0 Å². The zero-order valence-electron chi connectivity index (χ0n) is 10.5. The Labute approximate surface area is 112 Å². The van der Waals surface area contributed by atoms with Gasteiger partial charge in [-0.25, -0.2) is 5.43 Å². The number of phenolic OH excluding ortho intramolecular Hbond substituents is 2. The summed E-state index contributed by atoms with van der Waals surface area (Å²) in [7, 11) is 0. The normalized spacial score (nSPS) is 10.8. The van der Waals surface area contributed by atoms with Crippen LogP contribution in [0.4, 0.5) is 0 Å². The second kappa shape index (κ2) is 5.31. The fourth-order valence-corrected chi connectivity index (χ4v) is 1.50. The van der Waals surface area contributed by atoms with E-state index in [9.17, 15) is 14.7 Å². The van der Waals surface area contributed by atoms with Crippen LogP contribution in [0.1, 0.15) is 21.6 Å². The third-order valence-corrected chi connectivity index (χ3v) is 2.63. The highest BCUT2D eigenvalue weighted by molar-refractivity contribution is 5.94. The molecule has 0 unspecified atom stereocenters. The predicted molar refractivity (Wildman–Crippen MR) is 71.0 cm³/mol. The van der Waals surface area contributed by atoms with E-state index in [1.807, 2.05) is 0 Å². The molecule has 0 bridgehead atoms. The van der Waals surface area contributed by atoms with Gasteiger partial charge in [0.15, 0.2) is 0 Å². The summed E-state index contributed by atoms with van der Waals surface area (Å²) in [5.41, 5.74) is 2.49. The van der Waals surface area contributed by atoms with Gasteiger partial charge in [0.2, 0.25) is 0 Å². The lowest BCUT2D eigenvalue weighted by Crippen LogP contribution is -2.19. The summed E-state index contributed by atoms with van der Waals surface area (Å²) in [4.78, 5) is 22.8. The third-order valence-electron chi connectivity index (χ3n) is 2.63. The number of benzene rings is 1. The zero-order chi connectivity index (χ0) is 14.7. The second-order valence-electron chi connectivity index (χ2n) is 4.02. The number of aromatic nitrogens is 2. The SMILES string of the molecule is Cc1c(C(=O)NN=Cc2ccc(O)cc2O)[nH][nH]c1=O. The Morgan fingerprint density at radius 3 is 2.70 bits per heavy atom. The number of H-pyrrole nitrogens is 2. The van der Waals surface area contributed by atoms with Crippen molar-refractivity contribution in [1.29, 1.82) is 0 Å². The lowest BCUT2D eigenvalue weighted by Gasteiger charge is -2.00. The number of phenols is 2. The molecule has 0 spiro atoms. The Balaban J connectivity index is 2.08. The van der Waals surface area contributed by atoms with Gasteiger partial charge in [-0.3, -0.25) is 19.8 Å². The number of hydrogen-bond donors (Lipinski definition) is 5. The molecule has 1 aromatic heterocycles. The van der Waals surface area contributed by atoms with Crippen molar-refractivity contribution < 1.29 is 15.0 Å². The van der Waals surface area contributed by atoms with Crippen LogP contribution in [0.3, 0.4) is 0 Å². The van der Waals surface area contributed by atoms with Gasteiger partial charge < -0.3 is 10.2 Å². The minimum Gasteiger partial charge on any atom is -0.508 e. The number of hydrazone groups is 1. The fourth-order valence-electron chi connectivity index (χ4n) is 1.50. The molecular weight excluding hydrogens is 264 g/mol. The number of amides is 1. The summed E-state index contributed by atoms with van der Waals surface area (Å²) in [6.45, 7) is 1.50. The van der Waals surface area contributed by atoms with E-state index in [-0.39, 0.29) is 28.3 Å². The molecule has 8 nitrogen and oxygen atoms in total. The van der Waals surface area contributed by atoms with Crippen molar-refractivity contribution in [3.05, 3.63) is 45.4 Å². The third kappa shape index (κ3) is 2.69. The molecule has 20 heavy (non-hydrogen) atoms. The van der Waals surface area contributed by atoms with Crippen LogP contribution < -0.4 is 11.0 Å². The minimum absolute atomic E-state index is 0.0794. The Kier molecular flexibility index (Phi) is 3.56. The summed E-state index contributed by atoms with van der Waals surface area (Å²) in [5, 5.41) is 27.0. The van der Waals surface area contributed by atoms with Crippen molar-refractivity contribution >= 4 is 12.1 Å². The maximum absolute atomic E-state index is 11.7. The minimum atomic E-state index is -0.588. The Morgan fingerprint density at radius 2 is 2.10 bits per heavy atom. The van der Waals surface area contributed by atoms with Crippen molar-refractivity contribution in [3.8, 4) is 11.5 Å². The first-order chi connectivity index (χ1) is 9.49. The molecule has 0 aliphatic rings. The molecule has 0 aliphatic carbocycles. The van der Waals surface area contributed by atoms with E-state index in [1.54, 1.807) is 0 Å². The smallest absolute Gasteiger partial charge is 0.289 e. The van der Waals surface area contributed by atoms with Gasteiger partial charge >= 0.3 is 0 Å². The summed E-state index contributed by atoms with van der Waals surface area (Å²) >= 11 is 0. The first-order valence-corrected chi connectivity index (χ1v) is 5.61. The first kappa shape index (κ1) is 13.4. The van der Waals surface area contributed by atoms with Crippen LogP contribution in [0.5, 0.6) is 11.5 Å². The topological polar surface area (TPSA) is 131 Å². The number of nitrogens with zero attached hydrogens (tertiary/aromatic N) is 1. The van der Waals surface area contributed by atoms with Gasteiger partial charge in [-0.05, 0) is 19.1 Å². The molecule has 104 valence electrons. The largest absolute Gasteiger partial charge is 0.508 e. The summed E-state index contributed by atoms with van der Waals surface area (Å²) < 4.78 is 0. The van der Waals surface area contributed by atoms with Crippen LogP contribution in [-0.2, 0) is 0 Å². The second-order valence-corrected chi connectivity index (χ2v) is 4.02. The lowest BCUT2D eigenvalue weighted by atomic mass is 10.2. The molecule has 0 atom stereocenters. The van der Waals surface area contributed by atoms with Crippen LogP contribution in [-0.4, -0.2) is 32.5 Å². The molecule has 1 aromatic carbocycles. The first-order valence-electron chi connectivity index (χ1n) is 5.61. The summed E-state index contributed by atoms with van der Waals surface area (Å²) in [6.07, 6.45) is 1.22. The van der Waals surface area contributed by atoms with Gasteiger partial charge in [0.25, 0.3) is 11.5 Å². The Bertz CT molecular complexity index is 729. The number of hydrogen-bond acceptors (Lipinski definition) is 5. The Hall–Kier alpha value is -3.03. The number of aromatic amines is 2. The van der Waals surface area contributed by atoms with Gasteiger partial charge in [-0.2, -0.15) is 5.10 Å². The highest BCUT2D eigenvalue weighted by Crippen LogP contribution is 2.20. The molecule has 2 rings (SSSR count). The van der Waals surface area contributed by atoms with Gasteiger partial charge in [0.05, 0.1) is 6.21 Å². The zero-order valence-corrected chi connectivity index (χ0v) is 10.5. The maximum Gasteiger partial charge on any atom is 0.289 e. The van der Waals surface area contributed by atoms with E-state index >= 15 is 0 Å². The van der Waals surface area contributed by atoms with Crippen LogP contribution in [0.25, 0.3) is 0 Å². The maximum atomic E-state index is 11.7. The molecule has 0 saturated carbocycles. The molecule has 1 heterocycles. The number of nitrogens with one attached hydrogen (secondary N) is 3. The number of rotatable bonds is 3. The molecule has 5 N–H and O–H groups in total. The molecule has 0 saturated heterocycles. The summed E-state index contributed by atoms with van der Waals surface area (Å²) in [6, 6.07) is 3.96. The number of carbonyl (C=O) groups excluding carboxylic acids is 1. The Morgan fingerprint density at radius 1 is 1.35 bits per heavy atom. The van der Waals surface area contributed by atoms with E-state index in [2.05, 4.69) is 20.7 Å². The quantitative estimate of drug-likeness (QED) is 0.404. The number of aromatic hydroxyl groups is 2. The van der Waals surface area contributed by atoms with E-state index < -0.39 is 5.91 Å². The van der Waals surface area contributed by atoms with Crippen molar-refractivity contribution in [3.63, 3.8) is 0 Å². The lowest BCUT2D eigenvalue weighted by molar-refractivity contribution is 0.0949. The molecule has 0 radical (unpaired) electrons. The monoisotopic (exact) mass is 276 g/mol. The van der Waals surface area contributed by atoms with Crippen molar-refractivity contribution in [1.82, 2.24) is 15.6 Å². The molecule has 2 aromatic rings. The van der Waals surface area contributed by atoms with E-state index in [1.165, 1.54) is 25.3 Å². The van der Waals surface area contributed by atoms with E-state index in [0.717, 1.165) is 6.07 Å². The van der Waals surface area contributed by atoms with Gasteiger partial charge in [-0.15, -0.1) is 0 Å². The highest BCUT2D eigenvalue weighted by Gasteiger charge is 2.12. The van der Waals surface area contributed by atoms with Crippen LogP contribution >= 0.6 is 0 Å². The van der Waals surface area contributed by atoms with Crippen molar-refractivity contribution in [2.45, 2.75) is 6.92 Å². The average molecular weight is 276 g/mol. The fraction of sp³-hybridized carbons (Fsp3) is 0.0833. The average Bonchev–Trinajstić information content (AvgIpc) is 2.72. The van der Waals surface area contributed by atoms with Crippen molar-refractivity contribution in [2.24, 2.45) is 5.10 Å². The van der Waals surface area contributed by atoms with E-state index in [4.69, 9.17) is 5.11 Å². The molecule has 0 fully saturated rings. The van der Waals surface area contributed by atoms with Gasteiger partial charge in [-0.1, -0.05) is 0 Å². The highest BCUT2D eigenvalue weighted by atomic mass is 16.3. The molecule has 8 heteroatoms. The van der Waals surface area contributed by atoms with Gasteiger partial charge in [0, 0.05) is 17.2 Å². The van der Waals surface area contributed by atoms with E-state index in [0.29, 0.717) is 5.56 Å². The standard InChI is InChI=1S/C12H12N4O4/c1-6-10(14-16-11(6)19)12(20)15-13-5-7-2-3-8(17)4-9(7)18/h2-5,17-18H,1H3,(H,15,20)(H2,14,16,19).